The highest BCUT2D eigenvalue weighted by molar-refractivity contribution is 14.1. The van der Waals surface area contributed by atoms with Gasteiger partial charge in [0.25, 0.3) is 5.91 Å². The molecule has 1 aliphatic rings. The molecule has 0 saturated carbocycles. The maximum atomic E-state index is 12.7. The number of halogens is 2. The fourth-order valence-electron chi connectivity index (χ4n) is 2.64. The number of urea groups is 1. The summed E-state index contributed by atoms with van der Waals surface area (Å²) in [5.41, 5.74) is 1.81. The van der Waals surface area contributed by atoms with Gasteiger partial charge < -0.3 is 14.8 Å². The second kappa shape index (κ2) is 9.57. The summed E-state index contributed by atoms with van der Waals surface area (Å²) in [5, 5.41) is 2.62. The highest BCUT2D eigenvalue weighted by Gasteiger charge is 2.33. The molecule has 3 rings (SSSR count). The molecule has 1 saturated heterocycles. The zero-order chi connectivity index (χ0) is 21.0. The molecule has 9 heteroatoms. The number of hydrogen-bond acceptors (Lipinski definition) is 5. The summed E-state index contributed by atoms with van der Waals surface area (Å²) >= 11 is 4.18. The van der Waals surface area contributed by atoms with Crippen molar-refractivity contribution in [3.8, 4) is 5.75 Å². The molecule has 3 amide bonds. The van der Waals surface area contributed by atoms with E-state index in [1.807, 2.05) is 42.5 Å². The summed E-state index contributed by atoms with van der Waals surface area (Å²) in [6.07, 6.45) is 1.62. The summed E-state index contributed by atoms with van der Waals surface area (Å²) in [5.74, 6) is -0.290. The van der Waals surface area contributed by atoms with Crippen molar-refractivity contribution in [2.24, 2.45) is 0 Å². The molecule has 7 nitrogen and oxygen atoms in total. The van der Waals surface area contributed by atoms with Crippen LogP contribution in [0.2, 0.25) is 0 Å². The maximum Gasteiger partial charge on any atom is 0.343 e. The van der Waals surface area contributed by atoms with Crippen molar-refractivity contribution in [1.29, 1.82) is 0 Å². The van der Waals surface area contributed by atoms with Crippen molar-refractivity contribution in [1.82, 2.24) is 10.2 Å². The third-order valence-corrected chi connectivity index (χ3v) is 5.64. The number of carbonyl (C=O) groups is 3. The van der Waals surface area contributed by atoms with Crippen LogP contribution in [0, 0.1) is 7.14 Å². The monoisotopic (exact) mass is 618 g/mol. The van der Waals surface area contributed by atoms with Crippen LogP contribution < -0.4 is 10.1 Å². The molecular formula is C20H16I2N2O5. The molecule has 2 aromatic carbocycles. The molecular weight excluding hydrogens is 602 g/mol. The van der Waals surface area contributed by atoms with Crippen LogP contribution in [0.1, 0.15) is 11.1 Å². The quantitative estimate of drug-likeness (QED) is 0.232. The van der Waals surface area contributed by atoms with E-state index in [2.05, 4.69) is 55.2 Å². The zero-order valence-corrected chi connectivity index (χ0v) is 19.6. The predicted octanol–water partition coefficient (Wildman–Crippen LogP) is 3.54. The Hall–Kier alpha value is -2.15. The maximum absolute atomic E-state index is 12.7. The largest absolute Gasteiger partial charge is 0.480 e. The Morgan fingerprint density at radius 1 is 1.14 bits per heavy atom. The van der Waals surface area contributed by atoms with Gasteiger partial charge in [-0.15, -0.1) is 0 Å². The molecule has 1 fully saturated rings. The van der Waals surface area contributed by atoms with Crippen molar-refractivity contribution in [2.75, 3.05) is 13.7 Å². The van der Waals surface area contributed by atoms with E-state index in [1.54, 1.807) is 6.08 Å². The van der Waals surface area contributed by atoms with E-state index >= 15 is 0 Å². The fraction of sp³-hybridized carbons (Fsp3) is 0.150. The van der Waals surface area contributed by atoms with Crippen molar-refractivity contribution < 1.29 is 23.9 Å². The predicted molar refractivity (Wildman–Crippen MR) is 123 cm³/mol. The molecule has 0 aromatic heterocycles. The van der Waals surface area contributed by atoms with Crippen molar-refractivity contribution in [3.63, 3.8) is 0 Å². The smallest absolute Gasteiger partial charge is 0.343 e. The molecule has 0 spiro atoms. The number of carbonyl (C=O) groups excluding carboxylic acids is 3. The molecule has 29 heavy (non-hydrogen) atoms. The molecule has 1 N–H and O–H groups in total. The topological polar surface area (TPSA) is 84.9 Å². The number of ether oxygens (including phenoxy) is 2. The minimum atomic E-state index is -0.472. The normalized spacial score (nSPS) is 14.9. The summed E-state index contributed by atoms with van der Waals surface area (Å²) in [6, 6.07) is 12.5. The molecule has 1 aliphatic heterocycles. The Morgan fingerprint density at radius 3 is 2.41 bits per heavy atom. The second-order valence-corrected chi connectivity index (χ2v) is 8.37. The van der Waals surface area contributed by atoms with Crippen molar-refractivity contribution in [3.05, 3.63) is 66.4 Å². The van der Waals surface area contributed by atoms with Crippen LogP contribution >= 0.6 is 45.2 Å². The first-order valence-corrected chi connectivity index (χ1v) is 10.6. The molecule has 0 atom stereocenters. The number of methoxy groups -OCH3 is 1. The number of rotatable bonds is 6. The lowest BCUT2D eigenvalue weighted by Gasteiger charge is -2.11. The Balaban J connectivity index is 1.78. The summed E-state index contributed by atoms with van der Waals surface area (Å²) in [6.45, 7) is 0.0180. The van der Waals surface area contributed by atoms with E-state index in [0.29, 0.717) is 5.75 Å². The first-order chi connectivity index (χ1) is 13.9. The number of nitrogens with zero attached hydrogens (tertiary/aromatic N) is 1. The fourth-order valence-corrected chi connectivity index (χ4v) is 4.77. The van der Waals surface area contributed by atoms with Gasteiger partial charge in [0.1, 0.15) is 11.4 Å². The Bertz CT molecular complexity index is 969. The van der Waals surface area contributed by atoms with Crippen molar-refractivity contribution >= 4 is 69.2 Å². The number of imide groups is 1. The van der Waals surface area contributed by atoms with Gasteiger partial charge in [0, 0.05) is 0 Å². The third kappa shape index (κ3) is 5.26. The number of benzene rings is 2. The van der Waals surface area contributed by atoms with Gasteiger partial charge in [0.2, 0.25) is 0 Å². The standard InChI is InChI=1S/C20H16I2N2O5/c1-28-17(25)11-29-18-14(21)7-13(8-15(18)22)9-16-19(26)24(20(27)23-16)10-12-5-3-2-4-6-12/h2-9H,10-11H2,1H3,(H,23,27)/b16-9+. The van der Waals surface area contributed by atoms with Gasteiger partial charge in [0.05, 0.1) is 20.8 Å². The van der Waals surface area contributed by atoms with E-state index in [-0.39, 0.29) is 24.8 Å². The van der Waals surface area contributed by atoms with E-state index in [4.69, 9.17) is 4.74 Å². The molecule has 2 aromatic rings. The second-order valence-electron chi connectivity index (χ2n) is 6.04. The third-order valence-electron chi connectivity index (χ3n) is 4.04. The minimum Gasteiger partial charge on any atom is -0.480 e. The van der Waals surface area contributed by atoms with Gasteiger partial charge in [-0.1, -0.05) is 30.3 Å². The summed E-state index contributed by atoms with van der Waals surface area (Å²) in [4.78, 5) is 37.4. The number of nitrogens with one attached hydrogen (secondary N) is 1. The lowest BCUT2D eigenvalue weighted by atomic mass is 10.1. The van der Waals surface area contributed by atoms with Gasteiger partial charge in [0.15, 0.2) is 6.61 Å². The van der Waals surface area contributed by atoms with Gasteiger partial charge in [-0.05, 0) is 74.5 Å². The highest BCUT2D eigenvalue weighted by atomic mass is 127. The van der Waals surface area contributed by atoms with Crippen LogP contribution in [0.5, 0.6) is 5.75 Å². The molecule has 0 aliphatic carbocycles. The Labute approximate surface area is 194 Å². The van der Waals surface area contributed by atoms with E-state index in [1.165, 1.54) is 12.0 Å². The lowest BCUT2D eigenvalue weighted by Crippen LogP contribution is -2.30. The Kier molecular flexibility index (Phi) is 7.11. The minimum absolute atomic E-state index is 0.189. The molecule has 150 valence electrons. The van der Waals surface area contributed by atoms with Crippen LogP contribution in [0.25, 0.3) is 6.08 Å². The number of esters is 1. The van der Waals surface area contributed by atoms with Crippen LogP contribution in [-0.2, 0) is 20.9 Å². The molecule has 0 radical (unpaired) electrons. The summed E-state index contributed by atoms with van der Waals surface area (Å²) in [7, 11) is 1.30. The Morgan fingerprint density at radius 2 is 1.79 bits per heavy atom. The van der Waals surface area contributed by atoms with Gasteiger partial charge in [-0.2, -0.15) is 0 Å². The van der Waals surface area contributed by atoms with E-state index in [9.17, 15) is 14.4 Å². The SMILES string of the molecule is COC(=O)COc1c(I)cc(/C=C2/NC(=O)N(Cc3ccccc3)C2=O)cc1I. The van der Waals surface area contributed by atoms with Crippen LogP contribution in [0.3, 0.4) is 0 Å². The first kappa shape index (κ1) is 21.6. The van der Waals surface area contributed by atoms with Crippen molar-refractivity contribution in [2.45, 2.75) is 6.54 Å². The lowest BCUT2D eigenvalue weighted by molar-refractivity contribution is -0.143. The van der Waals surface area contributed by atoms with Crippen LogP contribution in [0.15, 0.2) is 48.2 Å². The highest BCUT2D eigenvalue weighted by Crippen LogP contribution is 2.30. The van der Waals surface area contributed by atoms with Crippen LogP contribution in [-0.4, -0.2) is 36.5 Å². The van der Waals surface area contributed by atoms with Gasteiger partial charge >= 0.3 is 12.0 Å². The molecule has 1 heterocycles. The van der Waals surface area contributed by atoms with Gasteiger partial charge in [-0.25, -0.2) is 9.59 Å². The van der Waals surface area contributed by atoms with E-state index in [0.717, 1.165) is 18.3 Å². The molecule has 0 bridgehead atoms. The average molecular weight is 618 g/mol. The van der Waals surface area contributed by atoms with Gasteiger partial charge in [-0.3, -0.25) is 9.69 Å². The number of hydrogen-bond donors (Lipinski definition) is 1. The first-order valence-electron chi connectivity index (χ1n) is 8.46. The molecule has 0 unspecified atom stereocenters. The van der Waals surface area contributed by atoms with E-state index < -0.39 is 12.0 Å². The average Bonchev–Trinajstić information content (AvgIpc) is 2.95. The zero-order valence-electron chi connectivity index (χ0n) is 15.3. The number of amides is 3. The summed E-state index contributed by atoms with van der Waals surface area (Å²) < 4.78 is 11.6. The van der Waals surface area contributed by atoms with Crippen LogP contribution in [0.4, 0.5) is 4.79 Å².